The standard InChI is InChI=1S/C65H120O27P2/c1-5-7-9-11-13-15-17-19-21-23-25-27-29-31-33-35-51(68)82-43-48(87-52(69)36-34-32-30-28-26-24-22-20-18-16-14-12-10-8-6-2)44-83-65-61(57(74)53(70)49(40-67)88-65)90-63-59(76)56(73)60(77)64(92-63)91-62-58(75)55(72)54(71)50(89-62)45-84-93(78,79)38-37-46(3)41-85-94(80,81)86-42-47(4)39-66/h15,17,21,23,46-50,53-67,70-77H,5-14,16,18-20,22,24-45H2,1-4H3,(H,78,79)(H,80,81)/b17-15-,23-21-/t46-,47+,48-,49?,50?,53-,54+,55?,56?,57?,58-,59-,60-,61+,62-,63-,64?,65-/m1/s1. The molecule has 94 heavy (non-hydrogen) atoms. The van der Waals surface area contributed by atoms with E-state index in [1.807, 2.05) is 0 Å². The van der Waals surface area contributed by atoms with Gasteiger partial charge in [-0.2, -0.15) is 0 Å². The van der Waals surface area contributed by atoms with Gasteiger partial charge in [0, 0.05) is 25.4 Å². The number of esters is 2. The molecule has 3 heterocycles. The van der Waals surface area contributed by atoms with Gasteiger partial charge in [-0.25, -0.2) is 4.57 Å². The summed E-state index contributed by atoms with van der Waals surface area (Å²) in [7, 11) is -9.04. The molecule has 3 saturated heterocycles. The summed E-state index contributed by atoms with van der Waals surface area (Å²) in [5.74, 6) is -2.18. The van der Waals surface area contributed by atoms with Crippen LogP contribution < -0.4 is 0 Å². The zero-order valence-electron chi connectivity index (χ0n) is 56.2. The maximum atomic E-state index is 13.4. The number of unbranched alkanes of at least 4 members (excludes halogenated alkanes) is 22. The molecular formula is C65H120O27P2. The van der Waals surface area contributed by atoms with Gasteiger partial charge in [-0.15, -0.1) is 0 Å². The molecule has 8 unspecified atom stereocenters. The third kappa shape index (κ3) is 35.4. The van der Waals surface area contributed by atoms with Crippen LogP contribution in [-0.2, 0) is 70.2 Å². The topological polar surface area (TPSA) is 413 Å². The molecule has 0 bridgehead atoms. The molecule has 20 atom stereocenters. The van der Waals surface area contributed by atoms with Crippen molar-refractivity contribution in [1.29, 1.82) is 0 Å². The predicted molar refractivity (Wildman–Crippen MR) is 345 cm³/mol. The summed E-state index contributed by atoms with van der Waals surface area (Å²) in [6.45, 7) is 3.85. The van der Waals surface area contributed by atoms with Crippen molar-refractivity contribution in [3.05, 3.63) is 24.3 Å². The van der Waals surface area contributed by atoms with Gasteiger partial charge in [-0.05, 0) is 57.3 Å². The minimum Gasteiger partial charge on any atom is -0.462 e. The monoisotopic (exact) mass is 1390 g/mol. The van der Waals surface area contributed by atoms with Crippen LogP contribution in [0.1, 0.15) is 214 Å². The smallest absolute Gasteiger partial charge is 0.462 e. The van der Waals surface area contributed by atoms with Crippen molar-refractivity contribution in [2.45, 2.75) is 312 Å². The average Bonchev–Trinajstić information content (AvgIpc) is 0.791. The summed E-state index contributed by atoms with van der Waals surface area (Å²) in [6, 6.07) is 0. The fraction of sp³-hybridized carbons (Fsp3) is 0.908. The van der Waals surface area contributed by atoms with Crippen LogP contribution in [0.4, 0.5) is 0 Å². The summed E-state index contributed by atoms with van der Waals surface area (Å²) >= 11 is 0. The highest BCUT2D eigenvalue weighted by molar-refractivity contribution is 7.52. The number of carbonyl (C=O) groups is 2. The number of phosphoric acid groups is 1. The number of phosphoric ester groups is 1. The highest BCUT2D eigenvalue weighted by atomic mass is 31.2. The van der Waals surface area contributed by atoms with E-state index in [2.05, 4.69) is 38.2 Å². The Kier molecular flexibility index (Phi) is 45.5. The molecule has 3 aliphatic rings. The lowest BCUT2D eigenvalue weighted by Crippen LogP contribution is -2.66. The SMILES string of the molecule is CCCCCC/C=C\C/C=C\CCCCCCC(=O)OC[C@H](CO[C@@H]1OC(CO)[C@@H](O)C(O)[C@@H]1O[C@@H]1OC(O[C@H]2OC(COP(=O)(O)CC[C@@H](C)COP(=O)(O)OC[C@@H](C)CO)[C@H](O)C(O)[C@H]2O)[C@H](O)C(O)[C@H]1O)OC(=O)CCCCCCCCCCCCCCCCC. The molecule has 0 aliphatic carbocycles. The van der Waals surface area contributed by atoms with Gasteiger partial charge in [0.1, 0.15) is 73.8 Å². The molecule has 0 amide bonds. The number of aliphatic hydroxyl groups is 10. The first-order chi connectivity index (χ1) is 45.0. The number of aliphatic hydroxyl groups excluding tert-OH is 10. The Morgan fingerprint density at radius 1 is 0.479 bits per heavy atom. The quantitative estimate of drug-likeness (QED) is 0.0127. The van der Waals surface area contributed by atoms with E-state index >= 15 is 0 Å². The first kappa shape index (κ1) is 86.3. The number of carbonyl (C=O) groups excluding carboxylic acids is 2. The van der Waals surface area contributed by atoms with Crippen LogP contribution in [0, 0.1) is 11.8 Å². The lowest BCUT2D eigenvalue weighted by molar-refractivity contribution is -0.416. The van der Waals surface area contributed by atoms with Gasteiger partial charge >= 0.3 is 27.4 Å². The van der Waals surface area contributed by atoms with Gasteiger partial charge in [0.25, 0.3) is 0 Å². The molecular weight excluding hydrogens is 1270 g/mol. The normalized spacial score (nSPS) is 29.1. The first-order valence-corrected chi connectivity index (χ1v) is 38.0. The van der Waals surface area contributed by atoms with Crippen molar-refractivity contribution >= 4 is 27.4 Å². The van der Waals surface area contributed by atoms with E-state index in [4.69, 9.17) is 56.6 Å². The second-order valence-corrected chi connectivity index (χ2v) is 28.9. The molecule has 0 saturated carbocycles. The van der Waals surface area contributed by atoms with Crippen molar-refractivity contribution in [3.63, 3.8) is 0 Å². The molecule has 27 nitrogen and oxygen atoms in total. The van der Waals surface area contributed by atoms with E-state index in [0.717, 1.165) is 64.2 Å². The van der Waals surface area contributed by atoms with Crippen LogP contribution in [0.2, 0.25) is 0 Å². The molecule has 3 aliphatic heterocycles. The van der Waals surface area contributed by atoms with Crippen molar-refractivity contribution in [3.8, 4) is 0 Å². The van der Waals surface area contributed by atoms with Gasteiger partial charge in [0.15, 0.2) is 31.3 Å². The molecule has 3 rings (SSSR count). The number of hydrogen-bond donors (Lipinski definition) is 12. The van der Waals surface area contributed by atoms with E-state index in [1.165, 1.54) is 89.9 Å². The van der Waals surface area contributed by atoms with Crippen LogP contribution in [-0.4, -0.2) is 224 Å². The highest BCUT2D eigenvalue weighted by Crippen LogP contribution is 2.47. The van der Waals surface area contributed by atoms with Gasteiger partial charge in [0.05, 0.1) is 39.2 Å². The minimum absolute atomic E-state index is 0.0501. The summed E-state index contributed by atoms with van der Waals surface area (Å²) < 4.78 is 86.3. The number of rotatable bonds is 54. The van der Waals surface area contributed by atoms with Crippen LogP contribution in [0.5, 0.6) is 0 Å². The first-order valence-electron chi connectivity index (χ1n) is 34.8. The Bertz CT molecular complexity index is 2130. The molecule has 12 N–H and O–H groups in total. The van der Waals surface area contributed by atoms with E-state index in [-0.39, 0.29) is 39.1 Å². The van der Waals surface area contributed by atoms with Crippen molar-refractivity contribution in [1.82, 2.24) is 0 Å². The number of hydrogen-bond acceptors (Lipinski definition) is 25. The van der Waals surface area contributed by atoms with Crippen molar-refractivity contribution in [2.75, 3.05) is 52.4 Å². The zero-order valence-corrected chi connectivity index (χ0v) is 58.0. The van der Waals surface area contributed by atoms with Gasteiger partial charge < -0.3 is 103 Å². The van der Waals surface area contributed by atoms with E-state index in [1.54, 1.807) is 13.8 Å². The Morgan fingerprint density at radius 2 is 0.936 bits per heavy atom. The van der Waals surface area contributed by atoms with Crippen molar-refractivity contribution < 1.29 is 131 Å². The fourth-order valence-corrected chi connectivity index (χ4v) is 12.9. The summed E-state index contributed by atoms with van der Waals surface area (Å²) in [5.41, 5.74) is 0. The van der Waals surface area contributed by atoms with E-state index in [9.17, 15) is 74.5 Å². The van der Waals surface area contributed by atoms with E-state index < -0.39 is 170 Å². The Hall–Kier alpha value is -1.96. The maximum absolute atomic E-state index is 13.4. The molecule has 0 spiro atoms. The second-order valence-electron chi connectivity index (χ2n) is 25.5. The second kappa shape index (κ2) is 49.6. The third-order valence-electron chi connectivity index (χ3n) is 16.8. The molecule has 552 valence electrons. The lowest BCUT2D eigenvalue weighted by atomic mass is 9.98. The van der Waals surface area contributed by atoms with Crippen LogP contribution >= 0.6 is 15.4 Å². The minimum atomic E-state index is -4.53. The number of ether oxygens (including phenoxy) is 8. The Labute approximate surface area is 557 Å². The molecule has 0 aromatic heterocycles. The summed E-state index contributed by atoms with van der Waals surface area (Å²) in [4.78, 5) is 47.0. The predicted octanol–water partition coefficient (Wildman–Crippen LogP) is 6.94. The van der Waals surface area contributed by atoms with Gasteiger partial charge in [0.2, 0.25) is 0 Å². The van der Waals surface area contributed by atoms with Gasteiger partial charge in [-0.1, -0.05) is 174 Å². The molecule has 29 heteroatoms. The molecule has 0 radical (unpaired) electrons. The Balaban J connectivity index is 1.65. The van der Waals surface area contributed by atoms with Crippen LogP contribution in [0.15, 0.2) is 24.3 Å². The fourth-order valence-electron chi connectivity index (χ4n) is 10.6. The zero-order chi connectivity index (χ0) is 69.3. The van der Waals surface area contributed by atoms with Crippen LogP contribution in [0.3, 0.4) is 0 Å². The molecule has 3 fully saturated rings. The summed E-state index contributed by atoms with van der Waals surface area (Å²) in [5, 5.41) is 108. The van der Waals surface area contributed by atoms with Crippen molar-refractivity contribution in [2.24, 2.45) is 11.8 Å². The highest BCUT2D eigenvalue weighted by Gasteiger charge is 2.54. The largest absolute Gasteiger partial charge is 0.472 e. The number of allylic oxidation sites excluding steroid dienone is 4. The van der Waals surface area contributed by atoms with E-state index in [0.29, 0.717) is 12.8 Å². The molecule has 0 aromatic rings. The third-order valence-corrected chi connectivity index (χ3v) is 19.1. The molecule has 0 aromatic carbocycles. The van der Waals surface area contributed by atoms with Crippen LogP contribution in [0.25, 0.3) is 0 Å². The average molecular weight is 1400 g/mol. The summed E-state index contributed by atoms with van der Waals surface area (Å²) in [6.07, 6.45) is 5.39. The Morgan fingerprint density at radius 3 is 1.48 bits per heavy atom. The maximum Gasteiger partial charge on any atom is 0.472 e. The lowest BCUT2D eigenvalue weighted by Gasteiger charge is -2.47. The van der Waals surface area contributed by atoms with Gasteiger partial charge in [-0.3, -0.25) is 23.2 Å².